The minimum atomic E-state index is -3.75. The molecule has 5 rings (SSSR count). The predicted molar refractivity (Wildman–Crippen MR) is 147 cm³/mol. The Morgan fingerprint density at radius 3 is 2.44 bits per heavy atom. The summed E-state index contributed by atoms with van der Waals surface area (Å²) >= 11 is 0. The molecule has 3 fully saturated rings. The molecule has 39 heavy (non-hydrogen) atoms. The van der Waals surface area contributed by atoms with E-state index in [0.717, 1.165) is 43.4 Å². The highest BCUT2D eigenvalue weighted by Gasteiger charge is 2.36. The van der Waals surface area contributed by atoms with Crippen molar-refractivity contribution in [2.24, 2.45) is 11.8 Å². The fraction of sp³-hybridized carbons (Fsp3) is 0.724. The van der Waals surface area contributed by atoms with Crippen LogP contribution in [0.1, 0.15) is 90.8 Å². The third-order valence-corrected chi connectivity index (χ3v) is 10.6. The fourth-order valence-electron chi connectivity index (χ4n) is 6.23. The fourth-order valence-corrected chi connectivity index (χ4v) is 7.81. The SMILES string of the molecule is CC(C)(C)c1nc2cc(S(=O)(=O)N3CCC[C@@H](CC(=O)NC4CCC4)C3)ccc2n1CC1CCC(F)(F)CC1. The van der Waals surface area contributed by atoms with Gasteiger partial charge in [-0.1, -0.05) is 20.8 Å². The first-order valence-corrected chi connectivity index (χ1v) is 15.9. The van der Waals surface area contributed by atoms with Gasteiger partial charge in [-0.05, 0) is 75.0 Å². The lowest BCUT2D eigenvalue weighted by Gasteiger charge is -2.32. The number of aromatic nitrogens is 2. The molecule has 0 radical (unpaired) electrons. The van der Waals surface area contributed by atoms with Crippen molar-refractivity contribution in [3.63, 3.8) is 0 Å². The normalized spacial score (nSPS) is 23.6. The molecule has 0 bridgehead atoms. The van der Waals surface area contributed by atoms with Crippen molar-refractivity contribution in [2.45, 2.75) is 114 Å². The maximum atomic E-state index is 13.7. The lowest BCUT2D eigenvalue weighted by atomic mass is 9.86. The predicted octanol–water partition coefficient (Wildman–Crippen LogP) is 5.62. The molecule has 1 atom stereocenters. The Hall–Kier alpha value is -2.07. The second-order valence-corrected chi connectivity index (χ2v) is 15.0. The van der Waals surface area contributed by atoms with Crippen molar-refractivity contribution in [3.05, 3.63) is 24.0 Å². The van der Waals surface area contributed by atoms with Crippen molar-refractivity contribution in [1.82, 2.24) is 19.2 Å². The van der Waals surface area contributed by atoms with Crippen LogP contribution in [0.2, 0.25) is 0 Å². The largest absolute Gasteiger partial charge is 0.353 e. The molecule has 0 unspecified atom stereocenters. The van der Waals surface area contributed by atoms with Crippen LogP contribution in [0.25, 0.3) is 11.0 Å². The summed E-state index contributed by atoms with van der Waals surface area (Å²) in [4.78, 5) is 17.5. The minimum Gasteiger partial charge on any atom is -0.353 e. The molecule has 1 aromatic heterocycles. The number of hydrogen-bond donors (Lipinski definition) is 1. The minimum absolute atomic E-state index is 0.00639. The number of nitrogens with zero attached hydrogens (tertiary/aromatic N) is 3. The second-order valence-electron chi connectivity index (χ2n) is 13.0. The van der Waals surface area contributed by atoms with Gasteiger partial charge in [0.25, 0.3) is 0 Å². The zero-order valence-corrected chi connectivity index (χ0v) is 24.2. The van der Waals surface area contributed by atoms with E-state index in [1.807, 2.05) is 6.07 Å². The molecule has 1 saturated heterocycles. The number of imidazole rings is 1. The Morgan fingerprint density at radius 1 is 1.08 bits per heavy atom. The van der Waals surface area contributed by atoms with Gasteiger partial charge in [0, 0.05) is 50.4 Å². The van der Waals surface area contributed by atoms with Gasteiger partial charge in [0.1, 0.15) is 5.82 Å². The first-order valence-electron chi connectivity index (χ1n) is 14.5. The molecule has 10 heteroatoms. The molecular formula is C29H42F2N4O3S. The van der Waals surface area contributed by atoms with Crippen molar-refractivity contribution in [2.75, 3.05) is 13.1 Å². The molecular weight excluding hydrogens is 522 g/mol. The number of rotatable bonds is 7. The monoisotopic (exact) mass is 564 g/mol. The van der Waals surface area contributed by atoms with Crippen LogP contribution in [0.5, 0.6) is 0 Å². The number of amides is 1. The van der Waals surface area contributed by atoms with Gasteiger partial charge in [0.15, 0.2) is 0 Å². The highest BCUT2D eigenvalue weighted by Crippen LogP contribution is 2.38. The quantitative estimate of drug-likeness (QED) is 0.473. The zero-order valence-electron chi connectivity index (χ0n) is 23.4. The summed E-state index contributed by atoms with van der Waals surface area (Å²) in [7, 11) is -3.75. The Labute approximate surface area is 230 Å². The standard InChI is InChI=1S/C29H42F2N4O3S/c1-28(2,3)27-33-24-17-23(9-10-25(24)35(27)19-20-11-13-29(30,31)14-12-20)39(37,38)34-15-5-6-21(18-34)16-26(36)32-22-7-4-8-22/h9-10,17,20-22H,4-8,11-16,18-19H2,1-3H3,(H,32,36)/t21-/m0/s1. The number of hydrogen-bond acceptors (Lipinski definition) is 4. The third-order valence-electron chi connectivity index (χ3n) is 8.73. The lowest BCUT2D eigenvalue weighted by molar-refractivity contribution is -0.123. The molecule has 2 saturated carbocycles. The molecule has 1 amide bonds. The molecule has 2 aromatic rings. The van der Waals surface area contributed by atoms with E-state index in [9.17, 15) is 22.0 Å². The number of fused-ring (bicyclic) bond motifs is 1. The topological polar surface area (TPSA) is 84.3 Å². The van der Waals surface area contributed by atoms with E-state index < -0.39 is 15.9 Å². The van der Waals surface area contributed by atoms with Gasteiger partial charge in [-0.3, -0.25) is 4.79 Å². The molecule has 0 spiro atoms. The highest BCUT2D eigenvalue weighted by atomic mass is 32.2. The van der Waals surface area contributed by atoms with E-state index in [1.54, 1.807) is 12.1 Å². The summed E-state index contributed by atoms with van der Waals surface area (Å²) in [6.07, 6.45) is 5.91. The average Bonchev–Trinajstić information content (AvgIpc) is 3.21. The number of alkyl halides is 2. The molecule has 3 aliphatic rings. The molecule has 2 aliphatic carbocycles. The maximum absolute atomic E-state index is 13.7. The number of halogens is 2. The molecule has 1 aliphatic heterocycles. The number of nitrogens with one attached hydrogen (secondary N) is 1. The van der Waals surface area contributed by atoms with Gasteiger partial charge in [0.05, 0.1) is 15.9 Å². The molecule has 1 N–H and O–H groups in total. The third kappa shape index (κ3) is 6.32. The van der Waals surface area contributed by atoms with Gasteiger partial charge in [-0.25, -0.2) is 22.2 Å². The van der Waals surface area contributed by atoms with Crippen LogP contribution in [0.3, 0.4) is 0 Å². The van der Waals surface area contributed by atoms with E-state index in [4.69, 9.17) is 4.98 Å². The number of piperidine rings is 1. The van der Waals surface area contributed by atoms with Crippen LogP contribution in [-0.2, 0) is 26.8 Å². The van der Waals surface area contributed by atoms with Crippen molar-refractivity contribution < 1.29 is 22.0 Å². The van der Waals surface area contributed by atoms with E-state index in [0.29, 0.717) is 44.4 Å². The Bertz CT molecular complexity index is 1300. The second kappa shape index (κ2) is 10.7. The van der Waals surface area contributed by atoms with Gasteiger partial charge < -0.3 is 9.88 Å². The number of carbonyl (C=O) groups excluding carboxylic acids is 1. The van der Waals surface area contributed by atoms with Gasteiger partial charge >= 0.3 is 0 Å². The highest BCUT2D eigenvalue weighted by molar-refractivity contribution is 7.89. The zero-order chi connectivity index (χ0) is 28.0. The van der Waals surface area contributed by atoms with Crippen molar-refractivity contribution in [1.29, 1.82) is 0 Å². The molecule has 2 heterocycles. The van der Waals surface area contributed by atoms with Crippen LogP contribution in [-0.4, -0.2) is 53.2 Å². The summed E-state index contributed by atoms with van der Waals surface area (Å²) in [5.74, 6) is -1.57. The maximum Gasteiger partial charge on any atom is 0.248 e. The summed E-state index contributed by atoms with van der Waals surface area (Å²) in [6.45, 7) is 7.56. The Morgan fingerprint density at radius 2 is 1.79 bits per heavy atom. The summed E-state index contributed by atoms with van der Waals surface area (Å²) in [6, 6.07) is 5.39. The summed E-state index contributed by atoms with van der Waals surface area (Å²) in [5, 5.41) is 3.07. The molecule has 7 nitrogen and oxygen atoms in total. The number of benzene rings is 1. The van der Waals surface area contributed by atoms with Gasteiger partial charge in [0.2, 0.25) is 21.9 Å². The smallest absolute Gasteiger partial charge is 0.248 e. The van der Waals surface area contributed by atoms with Crippen LogP contribution >= 0.6 is 0 Å². The van der Waals surface area contributed by atoms with Crippen LogP contribution in [0, 0.1) is 11.8 Å². The van der Waals surface area contributed by atoms with E-state index in [2.05, 4.69) is 30.7 Å². The first kappa shape index (κ1) is 28.5. The van der Waals surface area contributed by atoms with E-state index in [-0.39, 0.29) is 46.9 Å². The van der Waals surface area contributed by atoms with E-state index in [1.165, 1.54) is 4.31 Å². The van der Waals surface area contributed by atoms with Gasteiger partial charge in [-0.15, -0.1) is 0 Å². The average molecular weight is 565 g/mol. The number of carbonyl (C=O) groups is 1. The Balaban J connectivity index is 1.35. The molecule has 1 aromatic carbocycles. The Kier molecular flexibility index (Phi) is 7.83. The van der Waals surface area contributed by atoms with Crippen molar-refractivity contribution in [3.8, 4) is 0 Å². The van der Waals surface area contributed by atoms with Crippen molar-refractivity contribution >= 4 is 27.0 Å². The summed E-state index contributed by atoms with van der Waals surface area (Å²) < 4.78 is 58.5. The lowest BCUT2D eigenvalue weighted by Crippen LogP contribution is -2.43. The molecule has 216 valence electrons. The first-order chi connectivity index (χ1) is 18.3. The number of sulfonamides is 1. The summed E-state index contributed by atoms with van der Waals surface area (Å²) in [5.41, 5.74) is 1.15. The van der Waals surface area contributed by atoms with Crippen LogP contribution in [0.4, 0.5) is 8.78 Å². The van der Waals surface area contributed by atoms with Gasteiger partial charge in [-0.2, -0.15) is 4.31 Å². The van der Waals surface area contributed by atoms with E-state index >= 15 is 0 Å². The van der Waals surface area contributed by atoms with Crippen LogP contribution < -0.4 is 5.32 Å². The van der Waals surface area contributed by atoms with Crippen LogP contribution in [0.15, 0.2) is 23.1 Å².